The Kier molecular flexibility index (Phi) is 4.17. The molecule has 2 rings (SSSR count). The van der Waals surface area contributed by atoms with Crippen LogP contribution in [0.4, 0.5) is 4.39 Å². The standard InChI is InChI=1S/C12H12BrClFNO/c13-9-4-3-8(12(15)11(9)14)10(17)6-16-5-7-1-2-7/h3-4,7,16H,1-2,5-6H2. The van der Waals surface area contributed by atoms with Crippen molar-refractivity contribution in [3.05, 3.63) is 33.0 Å². The van der Waals surface area contributed by atoms with Gasteiger partial charge in [-0.25, -0.2) is 4.39 Å². The maximum Gasteiger partial charge on any atom is 0.179 e. The molecule has 1 aromatic rings. The van der Waals surface area contributed by atoms with Gasteiger partial charge in [0, 0.05) is 4.47 Å². The van der Waals surface area contributed by atoms with E-state index < -0.39 is 5.82 Å². The molecule has 1 saturated carbocycles. The van der Waals surface area contributed by atoms with Crippen molar-refractivity contribution in [2.45, 2.75) is 12.8 Å². The minimum Gasteiger partial charge on any atom is -0.309 e. The normalized spacial score (nSPS) is 15.0. The fourth-order valence-corrected chi connectivity index (χ4v) is 2.02. The molecule has 0 aliphatic heterocycles. The van der Waals surface area contributed by atoms with Gasteiger partial charge in [-0.1, -0.05) is 11.6 Å². The maximum atomic E-state index is 13.7. The van der Waals surface area contributed by atoms with Crippen molar-refractivity contribution in [2.75, 3.05) is 13.1 Å². The average Bonchev–Trinajstić information content (AvgIpc) is 3.10. The average molecular weight is 321 g/mol. The molecule has 0 unspecified atom stereocenters. The Morgan fingerprint density at radius 1 is 1.53 bits per heavy atom. The number of Topliss-reactive ketones (excluding diaryl/α,β-unsaturated/α-hetero) is 1. The highest BCUT2D eigenvalue weighted by atomic mass is 79.9. The molecule has 92 valence electrons. The van der Waals surface area contributed by atoms with Gasteiger partial charge in [0.2, 0.25) is 0 Å². The van der Waals surface area contributed by atoms with Gasteiger partial charge in [-0.2, -0.15) is 0 Å². The van der Waals surface area contributed by atoms with Crippen LogP contribution in [0.3, 0.4) is 0 Å². The van der Waals surface area contributed by atoms with E-state index in [9.17, 15) is 9.18 Å². The monoisotopic (exact) mass is 319 g/mol. The summed E-state index contributed by atoms with van der Waals surface area (Å²) in [6.07, 6.45) is 2.44. The van der Waals surface area contributed by atoms with Gasteiger partial charge in [0.15, 0.2) is 11.6 Å². The minimum atomic E-state index is -0.653. The molecule has 1 aliphatic carbocycles. The lowest BCUT2D eigenvalue weighted by Crippen LogP contribution is -2.25. The zero-order valence-corrected chi connectivity index (χ0v) is 11.4. The summed E-state index contributed by atoms with van der Waals surface area (Å²) in [7, 11) is 0. The summed E-state index contributed by atoms with van der Waals surface area (Å²) in [5.41, 5.74) is 0.0431. The van der Waals surface area contributed by atoms with Crippen LogP contribution in [0.1, 0.15) is 23.2 Å². The largest absolute Gasteiger partial charge is 0.309 e. The fraction of sp³-hybridized carbons (Fsp3) is 0.417. The number of halogens is 3. The highest BCUT2D eigenvalue weighted by molar-refractivity contribution is 9.10. The molecule has 0 bridgehead atoms. The van der Waals surface area contributed by atoms with E-state index in [1.165, 1.54) is 18.9 Å². The summed E-state index contributed by atoms with van der Waals surface area (Å²) in [6, 6.07) is 3.03. The molecule has 1 aliphatic rings. The molecule has 0 spiro atoms. The lowest BCUT2D eigenvalue weighted by atomic mass is 10.1. The minimum absolute atomic E-state index is 0.0431. The molecule has 17 heavy (non-hydrogen) atoms. The fourth-order valence-electron chi connectivity index (χ4n) is 1.55. The summed E-state index contributed by atoms with van der Waals surface area (Å²) < 4.78 is 14.2. The Morgan fingerprint density at radius 3 is 2.88 bits per heavy atom. The number of carbonyl (C=O) groups excluding carboxylic acids is 1. The Bertz CT molecular complexity index is 448. The summed E-state index contributed by atoms with van der Waals surface area (Å²) in [6.45, 7) is 0.989. The first-order valence-electron chi connectivity index (χ1n) is 5.47. The number of hydrogen-bond acceptors (Lipinski definition) is 2. The van der Waals surface area contributed by atoms with Crippen LogP contribution in [0.2, 0.25) is 5.02 Å². The quantitative estimate of drug-likeness (QED) is 0.665. The number of hydrogen-bond donors (Lipinski definition) is 1. The van der Waals surface area contributed by atoms with E-state index in [4.69, 9.17) is 11.6 Å². The molecule has 2 nitrogen and oxygen atoms in total. The molecule has 1 fully saturated rings. The molecule has 1 aromatic carbocycles. The molecule has 0 aromatic heterocycles. The van der Waals surface area contributed by atoms with E-state index in [2.05, 4.69) is 21.2 Å². The predicted octanol–water partition coefficient (Wildman–Crippen LogP) is 3.42. The SMILES string of the molecule is O=C(CNCC1CC1)c1ccc(Br)c(Cl)c1F. The van der Waals surface area contributed by atoms with Crippen LogP contribution in [0.25, 0.3) is 0 Å². The Morgan fingerprint density at radius 2 is 2.24 bits per heavy atom. The lowest BCUT2D eigenvalue weighted by Gasteiger charge is -2.06. The lowest BCUT2D eigenvalue weighted by molar-refractivity contribution is 0.0987. The Labute approximate surface area is 113 Å². The second-order valence-electron chi connectivity index (χ2n) is 4.22. The Balaban J connectivity index is 2.00. The number of benzene rings is 1. The van der Waals surface area contributed by atoms with Crippen molar-refractivity contribution in [2.24, 2.45) is 5.92 Å². The zero-order chi connectivity index (χ0) is 12.4. The van der Waals surface area contributed by atoms with E-state index in [1.54, 1.807) is 6.07 Å². The molecular formula is C12H12BrClFNO. The first kappa shape index (κ1) is 13.0. The van der Waals surface area contributed by atoms with Crippen molar-refractivity contribution in [1.82, 2.24) is 5.32 Å². The third-order valence-corrected chi connectivity index (χ3v) is 4.01. The third kappa shape index (κ3) is 3.27. The molecule has 0 heterocycles. The first-order chi connectivity index (χ1) is 8.09. The van der Waals surface area contributed by atoms with Gasteiger partial charge in [0.1, 0.15) is 0 Å². The highest BCUT2D eigenvalue weighted by Crippen LogP contribution is 2.28. The molecule has 0 saturated heterocycles. The van der Waals surface area contributed by atoms with Gasteiger partial charge in [-0.3, -0.25) is 4.79 Å². The second kappa shape index (κ2) is 5.46. The van der Waals surface area contributed by atoms with Crippen LogP contribution >= 0.6 is 27.5 Å². The topological polar surface area (TPSA) is 29.1 Å². The first-order valence-corrected chi connectivity index (χ1v) is 6.64. The van der Waals surface area contributed by atoms with Crippen LogP contribution in [-0.4, -0.2) is 18.9 Å². The summed E-state index contributed by atoms with van der Waals surface area (Å²) in [4.78, 5) is 11.8. The van der Waals surface area contributed by atoms with Crippen LogP contribution in [0.15, 0.2) is 16.6 Å². The van der Waals surface area contributed by atoms with Gasteiger partial charge >= 0.3 is 0 Å². The molecule has 1 N–H and O–H groups in total. The predicted molar refractivity (Wildman–Crippen MR) is 69.0 cm³/mol. The number of ketones is 1. The van der Waals surface area contributed by atoms with E-state index in [-0.39, 0.29) is 22.9 Å². The number of nitrogens with one attached hydrogen (secondary N) is 1. The third-order valence-electron chi connectivity index (χ3n) is 2.75. The summed E-state index contributed by atoms with van der Waals surface area (Å²) in [5, 5.41) is 2.99. The van der Waals surface area contributed by atoms with E-state index in [0.717, 1.165) is 6.54 Å². The number of carbonyl (C=O) groups is 1. The molecule has 5 heteroatoms. The highest BCUT2D eigenvalue weighted by Gasteiger charge is 2.21. The number of rotatable bonds is 5. The van der Waals surface area contributed by atoms with Crippen molar-refractivity contribution in [1.29, 1.82) is 0 Å². The van der Waals surface area contributed by atoms with Gasteiger partial charge in [-0.15, -0.1) is 0 Å². The van der Waals surface area contributed by atoms with Crippen molar-refractivity contribution in [3.8, 4) is 0 Å². The van der Waals surface area contributed by atoms with Crippen molar-refractivity contribution < 1.29 is 9.18 Å². The van der Waals surface area contributed by atoms with Crippen LogP contribution in [-0.2, 0) is 0 Å². The van der Waals surface area contributed by atoms with Crippen LogP contribution < -0.4 is 5.32 Å². The van der Waals surface area contributed by atoms with Crippen LogP contribution in [0.5, 0.6) is 0 Å². The summed E-state index contributed by atoms with van der Waals surface area (Å²) in [5.74, 6) is -0.224. The van der Waals surface area contributed by atoms with Gasteiger partial charge in [-0.05, 0) is 53.4 Å². The van der Waals surface area contributed by atoms with Crippen molar-refractivity contribution >= 4 is 33.3 Å². The molecule has 0 amide bonds. The zero-order valence-electron chi connectivity index (χ0n) is 9.10. The second-order valence-corrected chi connectivity index (χ2v) is 5.45. The Hall–Kier alpha value is -0.450. The van der Waals surface area contributed by atoms with E-state index in [1.807, 2.05) is 0 Å². The van der Waals surface area contributed by atoms with Gasteiger partial charge in [0.05, 0.1) is 17.1 Å². The molecule has 0 atom stereocenters. The smallest absolute Gasteiger partial charge is 0.179 e. The van der Waals surface area contributed by atoms with Gasteiger partial charge in [0.25, 0.3) is 0 Å². The van der Waals surface area contributed by atoms with Gasteiger partial charge < -0.3 is 5.32 Å². The van der Waals surface area contributed by atoms with Crippen molar-refractivity contribution in [3.63, 3.8) is 0 Å². The van der Waals surface area contributed by atoms with E-state index in [0.29, 0.717) is 10.4 Å². The van der Waals surface area contributed by atoms with E-state index >= 15 is 0 Å². The molecule has 0 radical (unpaired) electrons. The summed E-state index contributed by atoms with van der Waals surface area (Å²) >= 11 is 8.84. The maximum absolute atomic E-state index is 13.7. The molecular weight excluding hydrogens is 308 g/mol. The van der Waals surface area contributed by atoms with Crippen LogP contribution in [0, 0.1) is 11.7 Å².